The Hall–Kier alpha value is 0.0700. The lowest BCUT2D eigenvalue weighted by atomic mass is 9.43. The summed E-state index contributed by atoms with van der Waals surface area (Å²) in [7, 11) is -3.94. The standard InChI is InChI=1S/C23H41O5P/c1-14(8-11-29(26,27)28)17-4-5-18-21-19(7-10-23(17,18)3)22(2)9-6-16(24)12-15(22)13-20(21)25/h14-21,24-25H,4-13H2,1-3H3,(H2,26,27,28)/t14-,15+,16-,17-,18+,19+,20-,21+,22+,23-/m1/s1. The molecule has 168 valence electrons. The molecule has 29 heavy (non-hydrogen) atoms. The lowest BCUT2D eigenvalue weighted by molar-refractivity contribution is -0.174. The van der Waals surface area contributed by atoms with Crippen molar-refractivity contribution in [2.45, 2.75) is 90.8 Å². The van der Waals surface area contributed by atoms with Gasteiger partial charge in [-0.3, -0.25) is 4.57 Å². The molecule has 0 heterocycles. The highest BCUT2D eigenvalue weighted by atomic mass is 31.2. The Balaban J connectivity index is 1.54. The second-order valence-corrected chi connectivity index (χ2v) is 13.4. The molecule has 0 bridgehead atoms. The van der Waals surface area contributed by atoms with Crippen LogP contribution in [-0.4, -0.2) is 38.4 Å². The first-order valence-corrected chi connectivity index (χ1v) is 13.7. The Labute approximate surface area is 175 Å². The highest BCUT2D eigenvalue weighted by Crippen LogP contribution is 2.68. The first kappa shape index (κ1) is 22.3. The Kier molecular flexibility index (Phi) is 5.83. The number of hydrogen-bond acceptors (Lipinski definition) is 3. The van der Waals surface area contributed by atoms with Crippen LogP contribution in [0.4, 0.5) is 0 Å². The van der Waals surface area contributed by atoms with Crippen LogP contribution in [0.3, 0.4) is 0 Å². The molecule has 4 saturated carbocycles. The van der Waals surface area contributed by atoms with E-state index >= 15 is 0 Å². The average molecular weight is 429 g/mol. The summed E-state index contributed by atoms with van der Waals surface area (Å²) in [6.45, 7) is 7.02. The topological polar surface area (TPSA) is 98.0 Å². The summed E-state index contributed by atoms with van der Waals surface area (Å²) in [5, 5.41) is 21.5. The summed E-state index contributed by atoms with van der Waals surface area (Å²) < 4.78 is 11.4. The van der Waals surface area contributed by atoms with Crippen LogP contribution in [0.15, 0.2) is 0 Å². The van der Waals surface area contributed by atoms with Gasteiger partial charge in [0, 0.05) is 0 Å². The molecule has 0 aliphatic heterocycles. The van der Waals surface area contributed by atoms with E-state index in [0.717, 1.165) is 44.9 Å². The molecular weight excluding hydrogens is 387 g/mol. The van der Waals surface area contributed by atoms with Gasteiger partial charge in [0.05, 0.1) is 18.4 Å². The zero-order valence-corrected chi connectivity index (χ0v) is 19.2. The third-order valence-corrected chi connectivity index (χ3v) is 11.1. The van der Waals surface area contributed by atoms with Crippen LogP contribution in [0, 0.1) is 46.3 Å². The summed E-state index contributed by atoms with van der Waals surface area (Å²) in [5.74, 6) is 2.65. The van der Waals surface area contributed by atoms with E-state index in [0.29, 0.717) is 41.9 Å². The van der Waals surface area contributed by atoms with Gasteiger partial charge in [0.15, 0.2) is 0 Å². The van der Waals surface area contributed by atoms with Crippen molar-refractivity contribution in [1.29, 1.82) is 0 Å². The van der Waals surface area contributed by atoms with Crippen molar-refractivity contribution < 1.29 is 24.6 Å². The molecular formula is C23H41O5P. The summed E-state index contributed by atoms with van der Waals surface area (Å²) in [5.41, 5.74) is 0.419. The zero-order valence-electron chi connectivity index (χ0n) is 18.3. The van der Waals surface area contributed by atoms with Crippen LogP contribution < -0.4 is 0 Å². The number of aliphatic hydroxyl groups is 2. The molecule has 4 aliphatic carbocycles. The van der Waals surface area contributed by atoms with Gasteiger partial charge in [-0.05, 0) is 104 Å². The number of aliphatic hydroxyl groups excluding tert-OH is 2. The van der Waals surface area contributed by atoms with Gasteiger partial charge in [-0.2, -0.15) is 0 Å². The van der Waals surface area contributed by atoms with E-state index < -0.39 is 7.60 Å². The largest absolute Gasteiger partial charge is 0.393 e. The van der Waals surface area contributed by atoms with Gasteiger partial charge < -0.3 is 20.0 Å². The van der Waals surface area contributed by atoms with Crippen molar-refractivity contribution in [2.75, 3.05) is 6.16 Å². The van der Waals surface area contributed by atoms with E-state index in [1.165, 1.54) is 6.42 Å². The van der Waals surface area contributed by atoms with E-state index in [4.69, 9.17) is 0 Å². The van der Waals surface area contributed by atoms with Gasteiger partial charge in [0.2, 0.25) is 0 Å². The number of fused-ring (bicyclic) bond motifs is 5. The van der Waals surface area contributed by atoms with Crippen molar-refractivity contribution in [3.05, 3.63) is 0 Å². The minimum Gasteiger partial charge on any atom is -0.393 e. The molecule has 4 aliphatic rings. The molecule has 0 saturated heterocycles. The molecule has 10 atom stereocenters. The summed E-state index contributed by atoms with van der Waals surface area (Å²) in [4.78, 5) is 18.6. The van der Waals surface area contributed by atoms with Gasteiger partial charge in [0.1, 0.15) is 0 Å². The second-order valence-electron chi connectivity index (χ2n) is 11.6. The van der Waals surface area contributed by atoms with Crippen LogP contribution in [-0.2, 0) is 4.57 Å². The maximum Gasteiger partial charge on any atom is 0.325 e. The number of rotatable bonds is 4. The van der Waals surface area contributed by atoms with E-state index in [1.54, 1.807) is 0 Å². The SMILES string of the molecule is C[C@H](CCP(=O)(O)O)[C@H]1CC[C@H]2[C@@H]3[C@H](O)C[C@@H]4C[C@H](O)CC[C@]4(C)[C@H]3CC[C@]12C. The zero-order chi connectivity index (χ0) is 21.2. The van der Waals surface area contributed by atoms with E-state index in [1.807, 2.05) is 0 Å². The molecule has 4 N–H and O–H groups in total. The fourth-order valence-electron chi connectivity index (χ4n) is 8.75. The third kappa shape index (κ3) is 3.78. The summed E-state index contributed by atoms with van der Waals surface area (Å²) in [6.07, 6.45) is 8.36. The minimum atomic E-state index is -3.94. The van der Waals surface area contributed by atoms with E-state index in [9.17, 15) is 24.6 Å². The van der Waals surface area contributed by atoms with Crippen molar-refractivity contribution in [3.63, 3.8) is 0 Å². The Morgan fingerprint density at radius 3 is 2.31 bits per heavy atom. The molecule has 4 fully saturated rings. The van der Waals surface area contributed by atoms with Gasteiger partial charge in [-0.1, -0.05) is 20.8 Å². The minimum absolute atomic E-state index is 0.0117. The quantitative estimate of drug-likeness (QED) is 0.504. The van der Waals surface area contributed by atoms with E-state index in [2.05, 4.69) is 20.8 Å². The fraction of sp³-hybridized carbons (Fsp3) is 1.00. The van der Waals surface area contributed by atoms with Gasteiger partial charge in [-0.25, -0.2) is 0 Å². The first-order chi connectivity index (χ1) is 13.5. The normalized spacial score (nSPS) is 51.1. The molecule has 4 rings (SSSR count). The lowest BCUT2D eigenvalue weighted by Crippen LogP contribution is -2.58. The predicted molar refractivity (Wildman–Crippen MR) is 113 cm³/mol. The fourth-order valence-corrected chi connectivity index (χ4v) is 9.49. The summed E-state index contributed by atoms with van der Waals surface area (Å²) in [6, 6.07) is 0. The lowest BCUT2D eigenvalue weighted by Gasteiger charge is -2.62. The molecule has 0 aromatic carbocycles. The van der Waals surface area contributed by atoms with Crippen LogP contribution in [0.5, 0.6) is 0 Å². The molecule has 6 heteroatoms. The monoisotopic (exact) mass is 428 g/mol. The second kappa shape index (κ2) is 7.59. The van der Waals surface area contributed by atoms with Crippen molar-refractivity contribution in [3.8, 4) is 0 Å². The highest BCUT2D eigenvalue weighted by Gasteiger charge is 2.62. The number of hydrogen-bond donors (Lipinski definition) is 4. The highest BCUT2D eigenvalue weighted by molar-refractivity contribution is 7.51. The van der Waals surface area contributed by atoms with Crippen molar-refractivity contribution >= 4 is 7.60 Å². The first-order valence-electron chi connectivity index (χ1n) is 11.9. The molecule has 5 nitrogen and oxygen atoms in total. The smallest absolute Gasteiger partial charge is 0.325 e. The third-order valence-electron chi connectivity index (χ3n) is 10.3. The Morgan fingerprint density at radius 2 is 1.62 bits per heavy atom. The Morgan fingerprint density at radius 1 is 0.966 bits per heavy atom. The van der Waals surface area contributed by atoms with Crippen LogP contribution >= 0.6 is 7.60 Å². The van der Waals surface area contributed by atoms with Gasteiger partial charge in [0.25, 0.3) is 0 Å². The maximum atomic E-state index is 11.4. The van der Waals surface area contributed by atoms with Crippen LogP contribution in [0.2, 0.25) is 0 Å². The molecule has 0 aromatic heterocycles. The Bertz CT molecular complexity index is 664. The molecule has 0 radical (unpaired) electrons. The van der Waals surface area contributed by atoms with Crippen LogP contribution in [0.25, 0.3) is 0 Å². The molecule has 0 amide bonds. The average Bonchev–Trinajstić information content (AvgIpc) is 2.98. The van der Waals surface area contributed by atoms with Gasteiger partial charge in [-0.15, -0.1) is 0 Å². The molecule has 0 aromatic rings. The maximum absolute atomic E-state index is 11.4. The predicted octanol–water partition coefficient (Wildman–Crippen LogP) is 4.18. The van der Waals surface area contributed by atoms with E-state index in [-0.39, 0.29) is 29.2 Å². The molecule has 0 spiro atoms. The van der Waals surface area contributed by atoms with Crippen molar-refractivity contribution in [1.82, 2.24) is 0 Å². The molecule has 0 unspecified atom stereocenters. The van der Waals surface area contributed by atoms with Gasteiger partial charge >= 0.3 is 7.60 Å². The van der Waals surface area contributed by atoms with Crippen molar-refractivity contribution in [2.24, 2.45) is 46.3 Å². The summed E-state index contributed by atoms with van der Waals surface area (Å²) >= 11 is 0. The van der Waals surface area contributed by atoms with Crippen LogP contribution in [0.1, 0.15) is 78.6 Å².